The molecule has 1 atom stereocenters. The molecule has 1 aromatic carbocycles. The van der Waals surface area contributed by atoms with Crippen molar-refractivity contribution < 1.29 is 4.39 Å². The summed E-state index contributed by atoms with van der Waals surface area (Å²) in [4.78, 5) is 2.41. The molecule has 0 spiro atoms. The highest BCUT2D eigenvalue weighted by Crippen LogP contribution is 2.18. The lowest BCUT2D eigenvalue weighted by molar-refractivity contribution is 0.219. The predicted molar refractivity (Wildman–Crippen MR) is 79.8 cm³/mol. The molecule has 1 rings (SSSR count). The van der Waals surface area contributed by atoms with E-state index in [-0.39, 0.29) is 11.9 Å². The Morgan fingerprint density at radius 3 is 2.47 bits per heavy atom. The SMILES string of the molecule is CCC(CC)N(C)CCC(NC)c1cccc(F)c1. The van der Waals surface area contributed by atoms with E-state index in [0.717, 1.165) is 18.5 Å². The molecule has 0 saturated heterocycles. The summed E-state index contributed by atoms with van der Waals surface area (Å²) in [6, 6.07) is 7.74. The quantitative estimate of drug-likeness (QED) is 0.773. The molecule has 1 unspecified atom stereocenters. The van der Waals surface area contributed by atoms with Gasteiger partial charge in [0.15, 0.2) is 0 Å². The third-order valence-electron chi connectivity index (χ3n) is 3.94. The van der Waals surface area contributed by atoms with Gasteiger partial charge in [-0.05, 0) is 57.6 Å². The van der Waals surface area contributed by atoms with Gasteiger partial charge in [-0.1, -0.05) is 26.0 Å². The summed E-state index contributed by atoms with van der Waals surface area (Å²) in [5.41, 5.74) is 1.03. The molecule has 3 heteroatoms. The summed E-state index contributed by atoms with van der Waals surface area (Å²) in [5.74, 6) is -0.161. The van der Waals surface area contributed by atoms with E-state index >= 15 is 0 Å². The summed E-state index contributed by atoms with van der Waals surface area (Å²) in [5, 5.41) is 3.28. The fourth-order valence-electron chi connectivity index (χ4n) is 2.63. The Morgan fingerprint density at radius 2 is 1.95 bits per heavy atom. The molecule has 0 saturated carbocycles. The number of hydrogen-bond acceptors (Lipinski definition) is 2. The fourth-order valence-corrected chi connectivity index (χ4v) is 2.63. The Balaban J connectivity index is 2.58. The maximum absolute atomic E-state index is 13.3. The van der Waals surface area contributed by atoms with Gasteiger partial charge < -0.3 is 10.2 Å². The van der Waals surface area contributed by atoms with Crippen molar-refractivity contribution >= 4 is 0 Å². The van der Waals surface area contributed by atoms with Crippen LogP contribution in [0.2, 0.25) is 0 Å². The maximum Gasteiger partial charge on any atom is 0.123 e. The van der Waals surface area contributed by atoms with E-state index in [1.165, 1.54) is 18.9 Å². The average Bonchev–Trinajstić information content (AvgIpc) is 2.41. The first kappa shape index (κ1) is 16.1. The first-order valence-corrected chi connectivity index (χ1v) is 7.25. The third-order valence-corrected chi connectivity index (χ3v) is 3.94. The minimum absolute atomic E-state index is 0.161. The molecule has 0 bridgehead atoms. The monoisotopic (exact) mass is 266 g/mol. The normalized spacial score (nSPS) is 13.2. The van der Waals surface area contributed by atoms with Crippen LogP contribution < -0.4 is 5.32 Å². The molecule has 0 aromatic heterocycles. The number of nitrogens with one attached hydrogen (secondary N) is 1. The van der Waals surface area contributed by atoms with Gasteiger partial charge in [-0.2, -0.15) is 0 Å². The largest absolute Gasteiger partial charge is 0.313 e. The van der Waals surface area contributed by atoms with Gasteiger partial charge in [0, 0.05) is 12.1 Å². The van der Waals surface area contributed by atoms with Crippen molar-refractivity contribution in [1.82, 2.24) is 10.2 Å². The molecule has 0 amide bonds. The molecule has 0 aliphatic carbocycles. The minimum Gasteiger partial charge on any atom is -0.313 e. The molecule has 0 aliphatic heterocycles. The molecule has 0 radical (unpaired) electrons. The Hall–Kier alpha value is -0.930. The van der Waals surface area contributed by atoms with E-state index < -0.39 is 0 Å². The van der Waals surface area contributed by atoms with Gasteiger partial charge in [-0.3, -0.25) is 0 Å². The lowest BCUT2D eigenvalue weighted by Crippen LogP contribution is -2.33. The second kappa shape index (κ2) is 8.28. The van der Waals surface area contributed by atoms with Crippen molar-refractivity contribution in [2.45, 2.75) is 45.2 Å². The number of benzene rings is 1. The van der Waals surface area contributed by atoms with Crippen molar-refractivity contribution in [1.29, 1.82) is 0 Å². The van der Waals surface area contributed by atoms with Crippen LogP contribution in [0.3, 0.4) is 0 Å². The van der Waals surface area contributed by atoms with Gasteiger partial charge in [0.1, 0.15) is 5.82 Å². The van der Waals surface area contributed by atoms with E-state index in [0.29, 0.717) is 6.04 Å². The van der Waals surface area contributed by atoms with Crippen molar-refractivity contribution in [3.8, 4) is 0 Å². The van der Waals surface area contributed by atoms with Crippen LogP contribution in [0.4, 0.5) is 4.39 Å². The molecule has 2 nitrogen and oxygen atoms in total. The van der Waals surface area contributed by atoms with E-state index in [1.54, 1.807) is 12.1 Å². The molecule has 0 aliphatic rings. The predicted octanol–water partition coefficient (Wildman–Crippen LogP) is 3.60. The van der Waals surface area contributed by atoms with Crippen LogP contribution in [0, 0.1) is 5.82 Å². The molecule has 0 heterocycles. The van der Waals surface area contributed by atoms with Crippen LogP contribution in [0.25, 0.3) is 0 Å². The minimum atomic E-state index is -0.161. The molecule has 1 aromatic rings. The summed E-state index contributed by atoms with van der Waals surface area (Å²) in [7, 11) is 4.11. The second-order valence-corrected chi connectivity index (χ2v) is 5.14. The van der Waals surface area contributed by atoms with Crippen molar-refractivity contribution in [3.05, 3.63) is 35.6 Å². The first-order chi connectivity index (χ1) is 9.12. The molecular weight excluding hydrogens is 239 g/mol. The van der Waals surface area contributed by atoms with Gasteiger partial charge in [0.25, 0.3) is 0 Å². The Bertz CT molecular complexity index is 364. The molecular formula is C16H27FN2. The maximum atomic E-state index is 13.3. The summed E-state index contributed by atoms with van der Waals surface area (Å²) in [6.07, 6.45) is 3.35. The molecule has 108 valence electrons. The van der Waals surface area contributed by atoms with Crippen LogP contribution in [0.5, 0.6) is 0 Å². The van der Waals surface area contributed by atoms with E-state index in [9.17, 15) is 4.39 Å². The molecule has 0 fully saturated rings. The van der Waals surface area contributed by atoms with Crippen LogP contribution in [0.15, 0.2) is 24.3 Å². The third kappa shape index (κ3) is 4.92. The van der Waals surface area contributed by atoms with Crippen LogP contribution in [-0.4, -0.2) is 31.6 Å². The number of halogens is 1. The second-order valence-electron chi connectivity index (χ2n) is 5.14. The summed E-state index contributed by atoms with van der Waals surface area (Å²) >= 11 is 0. The van der Waals surface area contributed by atoms with E-state index in [4.69, 9.17) is 0 Å². The van der Waals surface area contributed by atoms with Gasteiger partial charge in [-0.15, -0.1) is 0 Å². The lowest BCUT2D eigenvalue weighted by Gasteiger charge is -2.28. The summed E-state index contributed by atoms with van der Waals surface area (Å²) < 4.78 is 13.3. The van der Waals surface area contributed by atoms with E-state index in [2.05, 4.69) is 31.1 Å². The first-order valence-electron chi connectivity index (χ1n) is 7.25. The van der Waals surface area contributed by atoms with Gasteiger partial charge in [0.2, 0.25) is 0 Å². The highest BCUT2D eigenvalue weighted by molar-refractivity contribution is 5.20. The Labute approximate surface area is 117 Å². The van der Waals surface area contributed by atoms with E-state index in [1.807, 2.05) is 13.1 Å². The lowest BCUT2D eigenvalue weighted by atomic mass is 10.0. The number of rotatable bonds is 8. The highest BCUT2D eigenvalue weighted by atomic mass is 19.1. The molecule has 1 N–H and O–H groups in total. The van der Waals surface area contributed by atoms with Crippen molar-refractivity contribution in [2.24, 2.45) is 0 Å². The zero-order valence-electron chi connectivity index (χ0n) is 12.6. The Morgan fingerprint density at radius 1 is 1.26 bits per heavy atom. The highest BCUT2D eigenvalue weighted by Gasteiger charge is 2.14. The average molecular weight is 266 g/mol. The van der Waals surface area contributed by atoms with Gasteiger partial charge >= 0.3 is 0 Å². The van der Waals surface area contributed by atoms with Gasteiger partial charge in [0.05, 0.1) is 0 Å². The van der Waals surface area contributed by atoms with Crippen LogP contribution in [-0.2, 0) is 0 Å². The van der Waals surface area contributed by atoms with Crippen molar-refractivity contribution in [2.75, 3.05) is 20.6 Å². The zero-order chi connectivity index (χ0) is 14.3. The standard InChI is InChI=1S/C16H27FN2/c1-5-15(6-2)19(4)11-10-16(18-3)13-8-7-9-14(17)12-13/h7-9,12,15-16,18H,5-6,10-11H2,1-4H3. The number of nitrogens with zero attached hydrogens (tertiary/aromatic N) is 1. The fraction of sp³-hybridized carbons (Fsp3) is 0.625. The molecule has 19 heavy (non-hydrogen) atoms. The topological polar surface area (TPSA) is 15.3 Å². The summed E-state index contributed by atoms with van der Waals surface area (Å²) in [6.45, 7) is 5.48. The Kier molecular flexibility index (Phi) is 7.03. The van der Waals surface area contributed by atoms with Gasteiger partial charge in [-0.25, -0.2) is 4.39 Å². The number of hydrogen-bond donors (Lipinski definition) is 1. The zero-order valence-corrected chi connectivity index (χ0v) is 12.6. The van der Waals surface area contributed by atoms with Crippen LogP contribution >= 0.6 is 0 Å². The van der Waals surface area contributed by atoms with Crippen molar-refractivity contribution in [3.63, 3.8) is 0 Å². The van der Waals surface area contributed by atoms with Crippen LogP contribution in [0.1, 0.15) is 44.7 Å². The smallest absolute Gasteiger partial charge is 0.123 e.